The van der Waals surface area contributed by atoms with Crippen molar-refractivity contribution in [2.24, 2.45) is 0 Å². The predicted molar refractivity (Wildman–Crippen MR) is 132 cm³/mol. The Hall–Kier alpha value is -2.76. The lowest BCUT2D eigenvalue weighted by Gasteiger charge is -2.26. The number of methoxy groups -OCH3 is 1. The third kappa shape index (κ3) is 5.26. The molecule has 1 fully saturated rings. The molecule has 1 atom stereocenters. The minimum atomic E-state index is -1.36. The second-order valence-corrected chi connectivity index (χ2v) is 9.76. The summed E-state index contributed by atoms with van der Waals surface area (Å²) >= 11 is 1.56. The number of ether oxygens (including phenoxy) is 2. The van der Waals surface area contributed by atoms with Gasteiger partial charge in [-0.05, 0) is 30.2 Å². The molecule has 1 aliphatic heterocycles. The summed E-state index contributed by atoms with van der Waals surface area (Å²) in [5.41, 5.74) is 8.30. The number of anilines is 3. The number of rotatable bonds is 8. The summed E-state index contributed by atoms with van der Waals surface area (Å²) in [4.78, 5) is 11.1. The summed E-state index contributed by atoms with van der Waals surface area (Å²) < 4.78 is 40.5. The van der Waals surface area contributed by atoms with E-state index in [9.17, 15) is 8.60 Å². The first-order chi connectivity index (χ1) is 16.0. The van der Waals surface area contributed by atoms with E-state index < -0.39 is 16.8 Å². The molecule has 0 amide bonds. The van der Waals surface area contributed by atoms with Gasteiger partial charge in [-0.3, -0.25) is 0 Å². The molecule has 0 saturated carbocycles. The fourth-order valence-corrected chi connectivity index (χ4v) is 5.36. The monoisotopic (exact) mass is 491 g/mol. The average molecular weight is 492 g/mol. The van der Waals surface area contributed by atoms with Crippen LogP contribution in [0.3, 0.4) is 0 Å². The number of nitrogen functional groups attached to an aromatic ring is 1. The number of pyridine rings is 1. The van der Waals surface area contributed by atoms with E-state index in [1.165, 1.54) is 13.2 Å². The zero-order valence-electron chi connectivity index (χ0n) is 18.5. The molecule has 1 aliphatic rings. The van der Waals surface area contributed by atoms with Crippen LogP contribution in [0.5, 0.6) is 5.75 Å². The Kier molecular flexibility index (Phi) is 7.41. The van der Waals surface area contributed by atoms with Crippen molar-refractivity contribution in [2.45, 2.75) is 13.3 Å². The van der Waals surface area contributed by atoms with Gasteiger partial charge in [-0.25, -0.2) is 18.6 Å². The molecule has 0 aliphatic carbocycles. The van der Waals surface area contributed by atoms with Gasteiger partial charge in [-0.2, -0.15) is 0 Å². The number of nitrogens with zero attached hydrogens (tertiary/aromatic N) is 3. The Balaban J connectivity index is 1.68. The Bertz CT molecular complexity index is 1150. The highest BCUT2D eigenvalue weighted by molar-refractivity contribution is 7.86. The van der Waals surface area contributed by atoms with Gasteiger partial charge in [0.2, 0.25) is 0 Å². The normalized spacial score (nSPS) is 14.8. The maximum atomic E-state index is 14.8. The van der Waals surface area contributed by atoms with Crippen LogP contribution in [0.4, 0.5) is 20.9 Å². The first-order valence-corrected chi connectivity index (χ1v) is 12.7. The summed E-state index contributed by atoms with van der Waals surface area (Å²) in [5, 5.41) is 1.86. The van der Waals surface area contributed by atoms with Crippen molar-refractivity contribution in [3.63, 3.8) is 0 Å². The van der Waals surface area contributed by atoms with Crippen molar-refractivity contribution in [2.75, 3.05) is 54.5 Å². The van der Waals surface area contributed by atoms with E-state index in [1.54, 1.807) is 23.6 Å². The molecule has 3 heterocycles. The lowest BCUT2D eigenvalue weighted by molar-refractivity contribution is 0.123. The average Bonchev–Trinajstić information content (AvgIpc) is 3.30. The van der Waals surface area contributed by atoms with Gasteiger partial charge in [0, 0.05) is 36.2 Å². The number of hydrogen-bond donors (Lipinski definition) is 2. The highest BCUT2D eigenvalue weighted by Crippen LogP contribution is 2.38. The van der Waals surface area contributed by atoms with E-state index in [-0.39, 0.29) is 11.6 Å². The maximum Gasteiger partial charge on any atom is 0.178 e. The lowest BCUT2D eigenvalue weighted by atomic mass is 10.0. The van der Waals surface area contributed by atoms with Crippen LogP contribution in [-0.4, -0.2) is 53.3 Å². The number of morpholine rings is 1. The largest absolute Gasteiger partial charge is 0.492 e. The van der Waals surface area contributed by atoms with Crippen LogP contribution in [0.2, 0.25) is 0 Å². The second kappa shape index (κ2) is 10.4. The molecule has 3 aromatic rings. The number of nitrogens with one attached hydrogen (secondary N) is 1. The zero-order chi connectivity index (χ0) is 23.4. The number of hydrogen-bond acceptors (Lipinski definition) is 8. The molecule has 0 bridgehead atoms. The Labute approximate surface area is 198 Å². The van der Waals surface area contributed by atoms with E-state index in [4.69, 9.17) is 15.2 Å². The van der Waals surface area contributed by atoms with Crippen LogP contribution < -0.4 is 20.1 Å². The quantitative estimate of drug-likeness (QED) is 0.492. The molecule has 1 aromatic carbocycles. The van der Waals surface area contributed by atoms with Crippen LogP contribution in [0.25, 0.3) is 21.7 Å². The van der Waals surface area contributed by atoms with Gasteiger partial charge in [0.1, 0.15) is 26.8 Å². The number of thiazole rings is 1. The Morgan fingerprint density at radius 1 is 1.24 bits per heavy atom. The van der Waals surface area contributed by atoms with E-state index in [2.05, 4.69) is 19.6 Å². The lowest BCUT2D eigenvalue weighted by Crippen LogP contribution is -2.35. The Morgan fingerprint density at radius 2 is 2.03 bits per heavy atom. The minimum absolute atomic E-state index is 0.000893. The minimum Gasteiger partial charge on any atom is -0.492 e. The van der Waals surface area contributed by atoms with Crippen LogP contribution in [0.15, 0.2) is 30.6 Å². The highest BCUT2D eigenvalue weighted by atomic mass is 32.2. The molecule has 1 saturated heterocycles. The summed E-state index contributed by atoms with van der Waals surface area (Å²) in [6.45, 7) is 4.97. The van der Waals surface area contributed by atoms with Crippen molar-refractivity contribution in [1.29, 1.82) is 0 Å². The van der Waals surface area contributed by atoms with Gasteiger partial charge in [-0.1, -0.05) is 18.3 Å². The second-order valence-electron chi connectivity index (χ2n) is 7.45. The molecule has 4 rings (SSSR count). The van der Waals surface area contributed by atoms with E-state index in [1.807, 2.05) is 19.2 Å². The highest BCUT2D eigenvalue weighted by Gasteiger charge is 2.18. The zero-order valence-corrected chi connectivity index (χ0v) is 20.1. The first-order valence-electron chi connectivity index (χ1n) is 10.6. The molecule has 11 heteroatoms. The third-order valence-electron chi connectivity index (χ3n) is 5.15. The van der Waals surface area contributed by atoms with Crippen LogP contribution in [-0.2, 0) is 15.7 Å². The number of nitrogens with two attached hydrogens (primary N) is 1. The fraction of sp³-hybridized carbons (Fsp3) is 0.364. The van der Waals surface area contributed by atoms with Gasteiger partial charge in [-0.15, -0.1) is 0 Å². The molecule has 3 N–H and O–H groups in total. The maximum absolute atomic E-state index is 14.8. The summed E-state index contributed by atoms with van der Waals surface area (Å²) in [6, 6.07) is 4.86. The fourth-order valence-electron chi connectivity index (χ4n) is 3.54. The van der Waals surface area contributed by atoms with Gasteiger partial charge in [0.15, 0.2) is 11.6 Å². The van der Waals surface area contributed by atoms with Crippen molar-refractivity contribution in [3.05, 3.63) is 36.4 Å². The molecule has 1 unspecified atom stereocenters. The van der Waals surface area contributed by atoms with Crippen molar-refractivity contribution >= 4 is 38.8 Å². The molecule has 0 spiro atoms. The number of aromatic nitrogens is 2. The van der Waals surface area contributed by atoms with Crippen molar-refractivity contribution < 1.29 is 18.1 Å². The standard InChI is InChI=1S/C22H26FN5O3S2/c1-3-8-33(29)27-18-11-14(10-17(23)20(18)30-2)16-9-15(12-25-21(16)24)22-26-13-19(32-22)28-4-6-31-7-5-28/h9-13,27H,3-8H2,1-2H3,(H2,24,25). The summed E-state index contributed by atoms with van der Waals surface area (Å²) in [6.07, 6.45) is 4.23. The van der Waals surface area contributed by atoms with Crippen molar-refractivity contribution in [3.8, 4) is 27.4 Å². The van der Waals surface area contributed by atoms with E-state index in [0.29, 0.717) is 35.8 Å². The molecular formula is C22H26FN5O3S2. The predicted octanol–water partition coefficient (Wildman–Crippen LogP) is 3.92. The smallest absolute Gasteiger partial charge is 0.178 e. The first kappa shape index (κ1) is 23.4. The molecule has 176 valence electrons. The molecule has 2 aromatic heterocycles. The molecule has 8 nitrogen and oxygen atoms in total. The molecule has 33 heavy (non-hydrogen) atoms. The van der Waals surface area contributed by atoms with Gasteiger partial charge < -0.3 is 24.8 Å². The Morgan fingerprint density at radius 3 is 2.76 bits per heavy atom. The number of halogens is 1. The van der Waals surface area contributed by atoms with E-state index in [0.717, 1.165) is 35.1 Å². The topological polar surface area (TPSA) is 103 Å². The van der Waals surface area contributed by atoms with Crippen LogP contribution >= 0.6 is 11.3 Å². The summed E-state index contributed by atoms with van der Waals surface area (Å²) in [7, 11) is 0.0114. The van der Waals surface area contributed by atoms with Gasteiger partial charge in [0.25, 0.3) is 0 Å². The van der Waals surface area contributed by atoms with Crippen LogP contribution in [0, 0.1) is 5.82 Å². The van der Waals surface area contributed by atoms with Gasteiger partial charge in [0.05, 0.1) is 32.2 Å². The summed E-state index contributed by atoms with van der Waals surface area (Å²) in [5.74, 6) is 0.110. The number of benzene rings is 1. The molecular weight excluding hydrogens is 465 g/mol. The van der Waals surface area contributed by atoms with Crippen molar-refractivity contribution in [1.82, 2.24) is 9.97 Å². The van der Waals surface area contributed by atoms with E-state index >= 15 is 0 Å². The third-order valence-corrected chi connectivity index (χ3v) is 7.49. The van der Waals surface area contributed by atoms with Gasteiger partial charge >= 0.3 is 0 Å². The molecule has 0 radical (unpaired) electrons. The van der Waals surface area contributed by atoms with Crippen LogP contribution in [0.1, 0.15) is 13.3 Å². The SMILES string of the molecule is CCCS(=O)Nc1cc(-c2cc(-c3ncc(N4CCOCC4)s3)cnc2N)cc(F)c1OC.